The summed E-state index contributed by atoms with van der Waals surface area (Å²) in [6, 6.07) is 0. The van der Waals surface area contributed by atoms with E-state index in [0.717, 1.165) is 0 Å². The van der Waals surface area contributed by atoms with Crippen LogP contribution in [0.4, 0.5) is 75.7 Å². The van der Waals surface area contributed by atoms with Crippen molar-refractivity contribution in [2.45, 2.75) is 36.7 Å². The van der Waals surface area contributed by atoms with Gasteiger partial charge in [0, 0.05) is 34.1 Å². The summed E-state index contributed by atoms with van der Waals surface area (Å²) in [7, 11) is -4.60. The summed E-state index contributed by atoms with van der Waals surface area (Å²) in [5.74, 6) is -14.1. The number of ether oxygens (including phenoxy) is 2. The molecule has 0 spiro atoms. The molecule has 1 atom stereocenters. The highest BCUT2D eigenvalue weighted by molar-refractivity contribution is 7.85. The van der Waals surface area contributed by atoms with E-state index in [-0.39, 0.29) is 0 Å². The highest BCUT2D eigenvalue weighted by Crippen LogP contribution is 2.50. The van der Waals surface area contributed by atoms with Crippen LogP contribution in [0.1, 0.15) is 6.42 Å². The summed E-state index contributed by atoms with van der Waals surface area (Å²) in [6.07, 6.45) is -21.4. The zero-order valence-electron chi connectivity index (χ0n) is 14.2. The van der Waals surface area contributed by atoms with Crippen molar-refractivity contribution in [3.05, 3.63) is 0 Å². The SMILES string of the molecule is FF.FF.FF.O=S(=O)(O)CCCOCC(F)(OC(F)(F)C(F)(F)C(F)(F)F)C(F)(F)F. The van der Waals surface area contributed by atoms with Gasteiger partial charge in [0.15, 0.2) is 0 Å². The Morgan fingerprint density at radius 1 is 0.688 bits per heavy atom. The molecule has 0 saturated carbocycles. The highest BCUT2D eigenvalue weighted by atomic mass is 32.2. The molecule has 5 nitrogen and oxygen atoms in total. The maximum atomic E-state index is 13.6. The van der Waals surface area contributed by atoms with E-state index in [1.54, 1.807) is 0 Å². The largest absolute Gasteiger partial charge is 0.462 e. The van der Waals surface area contributed by atoms with Gasteiger partial charge in [-0.1, -0.05) is 0 Å². The van der Waals surface area contributed by atoms with Crippen molar-refractivity contribution >= 4 is 10.1 Å². The topological polar surface area (TPSA) is 72.8 Å². The second kappa shape index (κ2) is 14.7. The summed E-state index contributed by atoms with van der Waals surface area (Å²) in [5.41, 5.74) is 0. The maximum Gasteiger partial charge on any atom is 0.462 e. The molecule has 1 N–H and O–H groups in total. The van der Waals surface area contributed by atoms with Gasteiger partial charge < -0.3 is 4.74 Å². The summed E-state index contributed by atoms with van der Waals surface area (Å²) >= 11 is 0. The van der Waals surface area contributed by atoms with Gasteiger partial charge in [-0.15, -0.1) is 0 Å². The van der Waals surface area contributed by atoms with Crippen molar-refractivity contribution in [2.24, 2.45) is 0 Å². The number of halogens is 17. The van der Waals surface area contributed by atoms with E-state index in [2.05, 4.69) is 9.47 Å². The minimum Gasteiger partial charge on any atom is -0.375 e. The maximum absolute atomic E-state index is 13.6. The van der Waals surface area contributed by atoms with Gasteiger partial charge in [-0.3, -0.25) is 9.29 Å². The first kappa shape index (κ1) is 37.9. The van der Waals surface area contributed by atoms with Crippen molar-refractivity contribution in [2.75, 3.05) is 19.0 Å². The van der Waals surface area contributed by atoms with Gasteiger partial charge in [-0.05, 0) is 6.42 Å². The highest BCUT2D eigenvalue weighted by Gasteiger charge is 2.78. The van der Waals surface area contributed by atoms with E-state index in [1.807, 2.05) is 0 Å². The lowest BCUT2D eigenvalue weighted by Gasteiger charge is -2.34. The molecule has 0 heterocycles. The Balaban J connectivity index is -0.000000597. The summed E-state index contributed by atoms with van der Waals surface area (Å²) in [6.45, 7) is -3.75. The molecule has 0 aromatic heterocycles. The van der Waals surface area contributed by atoms with Crippen LogP contribution >= 0.6 is 0 Å². The monoisotopic (exact) mass is 552 g/mol. The van der Waals surface area contributed by atoms with E-state index in [9.17, 15) is 56.7 Å². The second-order valence-electron chi connectivity index (χ2n) is 4.61. The molecule has 0 aromatic rings. The van der Waals surface area contributed by atoms with E-state index < -0.39 is 65.7 Å². The normalized spacial score (nSPS) is 14.6. The van der Waals surface area contributed by atoms with Gasteiger partial charge in [-0.25, -0.2) is 0 Å². The molecule has 0 amide bonds. The third-order valence-corrected chi connectivity index (χ3v) is 3.22. The minimum atomic E-state index is -7.17. The van der Waals surface area contributed by atoms with Crippen LogP contribution in [0.25, 0.3) is 0 Å². The lowest BCUT2D eigenvalue weighted by atomic mass is 10.2. The molecule has 0 radical (unpaired) electrons. The lowest BCUT2D eigenvalue weighted by Crippen LogP contribution is -2.60. The average molecular weight is 552 g/mol. The Labute approximate surface area is 165 Å². The van der Waals surface area contributed by atoms with Gasteiger partial charge in [-0.2, -0.15) is 56.7 Å². The lowest BCUT2D eigenvalue weighted by molar-refractivity contribution is -0.486. The van der Waals surface area contributed by atoms with Gasteiger partial charge >= 0.3 is 30.2 Å². The zero-order valence-corrected chi connectivity index (χ0v) is 15.1. The predicted octanol–water partition coefficient (Wildman–Crippen LogP) is 5.84. The molecule has 1 unspecified atom stereocenters. The first-order valence-corrected chi connectivity index (χ1v) is 8.01. The van der Waals surface area contributed by atoms with Crippen LogP contribution in [0, 0.1) is 0 Å². The van der Waals surface area contributed by atoms with E-state index >= 15 is 0 Å². The number of hydrogen-bond donors (Lipinski definition) is 1. The Kier molecular flexibility index (Phi) is 17.4. The third-order valence-electron chi connectivity index (χ3n) is 2.41. The molecule has 0 aliphatic carbocycles. The molecular weight excluding hydrogens is 543 g/mol. The first-order valence-electron chi connectivity index (χ1n) is 6.40. The smallest absolute Gasteiger partial charge is 0.375 e. The van der Waals surface area contributed by atoms with Crippen molar-refractivity contribution in [3.8, 4) is 0 Å². The van der Waals surface area contributed by atoms with Gasteiger partial charge in [0.25, 0.3) is 10.1 Å². The summed E-state index contributed by atoms with van der Waals surface area (Å²) < 4.78 is 220. The van der Waals surface area contributed by atoms with Crippen molar-refractivity contribution < 1.29 is 98.2 Å². The standard InChI is InChI=1S/C9H9F11O5S.3F2/c10-5(7(13,14)15,4-24-2-1-3-26(21,22)23)25-9(19,20)6(11,12)8(16,17)18;3*1-2/h1-4H2,(H,21,22,23);;;. The Morgan fingerprint density at radius 2 is 1.06 bits per heavy atom. The van der Waals surface area contributed by atoms with Gasteiger partial charge in [0.2, 0.25) is 0 Å². The number of hydrogen-bond acceptors (Lipinski definition) is 4. The molecule has 0 aliphatic rings. The van der Waals surface area contributed by atoms with Crippen LogP contribution in [0.5, 0.6) is 0 Å². The molecule has 32 heavy (non-hydrogen) atoms. The first-order chi connectivity index (χ1) is 14.2. The Morgan fingerprint density at radius 3 is 1.34 bits per heavy atom. The van der Waals surface area contributed by atoms with Crippen LogP contribution in [-0.4, -0.2) is 62.2 Å². The molecule has 0 bridgehead atoms. The Hall–Kier alpha value is -1.36. The van der Waals surface area contributed by atoms with Crippen LogP contribution < -0.4 is 0 Å². The quantitative estimate of drug-likeness (QED) is 0.221. The summed E-state index contributed by atoms with van der Waals surface area (Å²) in [5, 5.41) is 0. The van der Waals surface area contributed by atoms with Crippen molar-refractivity contribution in [1.29, 1.82) is 0 Å². The van der Waals surface area contributed by atoms with E-state index in [1.165, 1.54) is 0 Å². The van der Waals surface area contributed by atoms with Crippen LogP contribution in [-0.2, 0) is 19.6 Å². The van der Waals surface area contributed by atoms with Gasteiger partial charge in [0.05, 0.1) is 5.75 Å². The zero-order chi connectivity index (χ0) is 27.2. The number of alkyl halides is 11. The molecule has 0 rings (SSSR count). The van der Waals surface area contributed by atoms with Gasteiger partial charge in [0.1, 0.15) is 6.61 Å². The van der Waals surface area contributed by atoms with Crippen molar-refractivity contribution in [1.82, 2.24) is 0 Å². The molecule has 0 aliphatic heterocycles. The van der Waals surface area contributed by atoms with Crippen LogP contribution in [0.2, 0.25) is 0 Å². The van der Waals surface area contributed by atoms with Crippen LogP contribution in [0.3, 0.4) is 0 Å². The molecule has 23 heteroatoms. The minimum absolute atomic E-state index is 0.790. The average Bonchev–Trinajstić information content (AvgIpc) is 2.63. The summed E-state index contributed by atoms with van der Waals surface area (Å²) in [4.78, 5) is 0. The van der Waals surface area contributed by atoms with E-state index in [0.29, 0.717) is 0 Å². The fraction of sp³-hybridized carbons (Fsp3) is 1.00. The van der Waals surface area contributed by atoms with Crippen LogP contribution in [0.15, 0.2) is 0 Å². The molecule has 0 aromatic carbocycles. The molecule has 200 valence electrons. The third kappa shape index (κ3) is 12.6. The number of rotatable bonds is 9. The predicted molar refractivity (Wildman–Crippen MR) is 65.4 cm³/mol. The van der Waals surface area contributed by atoms with E-state index in [4.69, 9.17) is 32.0 Å². The van der Waals surface area contributed by atoms with Crippen molar-refractivity contribution in [3.63, 3.8) is 0 Å². The fourth-order valence-electron chi connectivity index (χ4n) is 1.15. The molecule has 0 saturated heterocycles. The Bertz CT molecular complexity index is 576. The second-order valence-corrected chi connectivity index (χ2v) is 6.18. The fourth-order valence-corrected chi connectivity index (χ4v) is 1.63. The molecule has 0 fully saturated rings. The molecular formula is C9H9F17O5S.